The van der Waals surface area contributed by atoms with Crippen LogP contribution in [0.4, 0.5) is 0 Å². The number of carboxylic acid groups (broad SMARTS) is 2. The molecule has 0 fully saturated rings. The highest BCUT2D eigenvalue weighted by Gasteiger charge is 2.17. The molecule has 0 aliphatic rings. The Kier molecular flexibility index (Phi) is 16.9. The van der Waals surface area contributed by atoms with Crippen LogP contribution < -0.4 is 0 Å². The summed E-state index contributed by atoms with van der Waals surface area (Å²) in [5.41, 5.74) is 0. The zero-order chi connectivity index (χ0) is 21.4. The van der Waals surface area contributed by atoms with E-state index < -0.39 is 11.9 Å². The molecule has 0 saturated carbocycles. The molecule has 0 rings (SSSR count). The van der Waals surface area contributed by atoms with E-state index in [2.05, 4.69) is 0 Å². The maximum absolute atomic E-state index is 10.9. The summed E-state index contributed by atoms with van der Waals surface area (Å²) in [7, 11) is 0. The molecule has 10 heteroatoms. The van der Waals surface area contributed by atoms with Crippen LogP contribution >= 0.6 is 48.0 Å². The number of hydrogen-bond donors (Lipinski definition) is 2. The van der Waals surface area contributed by atoms with Gasteiger partial charge in [0.2, 0.25) is 8.77 Å². The normalized spacial score (nSPS) is 12.8. The molecule has 0 bridgehead atoms. The van der Waals surface area contributed by atoms with Gasteiger partial charge in [0.25, 0.3) is 0 Å². The van der Waals surface area contributed by atoms with Crippen LogP contribution in [0.1, 0.15) is 65.2 Å². The lowest BCUT2D eigenvalue weighted by atomic mass is 10.1. The lowest BCUT2D eigenvalue weighted by molar-refractivity contribution is -0.138. The maximum atomic E-state index is 10.9. The van der Waals surface area contributed by atoms with Crippen molar-refractivity contribution in [1.29, 1.82) is 0 Å². The van der Waals surface area contributed by atoms with E-state index in [9.17, 15) is 9.59 Å². The Bertz CT molecular complexity index is 456. The zero-order valence-corrected chi connectivity index (χ0v) is 19.7. The van der Waals surface area contributed by atoms with Gasteiger partial charge in [-0.05, 0) is 64.0 Å². The van der Waals surface area contributed by atoms with Crippen LogP contribution in [0.3, 0.4) is 0 Å². The summed E-state index contributed by atoms with van der Waals surface area (Å²) in [6.07, 6.45) is 4.75. The standard InChI is InChI=1S/C18H30O6S4/c1-3-23-17(25)27-13(9-11-15(19)20)7-5-6-8-14(10-12-16(21)22)28-18(26)24-4-2/h13-14H,3-12H2,1-2H3,(H,19,20)(H,21,22). The number of unbranched alkanes of at least 4 members (excludes halogenated alkanes) is 1. The second-order valence-corrected chi connectivity index (χ2v) is 9.80. The second-order valence-electron chi connectivity index (χ2n) is 6.00. The first-order valence-corrected chi connectivity index (χ1v) is 12.0. The molecule has 0 saturated heterocycles. The minimum absolute atomic E-state index is 0.102. The summed E-state index contributed by atoms with van der Waals surface area (Å²) in [5, 5.41) is 18.1. The van der Waals surface area contributed by atoms with E-state index in [0.29, 0.717) is 34.8 Å². The van der Waals surface area contributed by atoms with Crippen LogP contribution in [0.25, 0.3) is 0 Å². The lowest BCUT2D eigenvalue weighted by Crippen LogP contribution is -2.12. The number of carbonyl (C=O) groups is 2. The maximum Gasteiger partial charge on any atom is 0.303 e. The Balaban J connectivity index is 4.47. The molecule has 0 aliphatic heterocycles. The van der Waals surface area contributed by atoms with Crippen molar-refractivity contribution in [2.75, 3.05) is 13.2 Å². The first kappa shape index (κ1) is 27.4. The number of thioether (sulfide) groups is 2. The van der Waals surface area contributed by atoms with Crippen LogP contribution in [0.15, 0.2) is 0 Å². The fourth-order valence-corrected chi connectivity index (χ4v) is 5.42. The number of aliphatic carboxylic acids is 2. The Morgan fingerprint density at radius 1 is 0.786 bits per heavy atom. The fourth-order valence-electron chi connectivity index (χ4n) is 2.41. The highest BCUT2D eigenvalue weighted by Crippen LogP contribution is 2.28. The molecule has 2 unspecified atom stereocenters. The third-order valence-corrected chi connectivity index (χ3v) is 6.76. The van der Waals surface area contributed by atoms with Crippen LogP contribution in [0, 0.1) is 0 Å². The van der Waals surface area contributed by atoms with E-state index in [1.54, 1.807) is 0 Å². The summed E-state index contributed by atoms with van der Waals surface area (Å²) in [4.78, 5) is 21.7. The van der Waals surface area contributed by atoms with E-state index in [-0.39, 0.29) is 23.3 Å². The van der Waals surface area contributed by atoms with Crippen LogP contribution in [0.5, 0.6) is 0 Å². The second kappa shape index (κ2) is 17.3. The molecular formula is C18H30O6S4. The van der Waals surface area contributed by atoms with Gasteiger partial charge in [-0.25, -0.2) is 0 Å². The van der Waals surface area contributed by atoms with Gasteiger partial charge in [-0.1, -0.05) is 36.4 Å². The van der Waals surface area contributed by atoms with Gasteiger partial charge in [0.15, 0.2) is 0 Å². The minimum Gasteiger partial charge on any atom is -0.481 e. The topological polar surface area (TPSA) is 93.1 Å². The van der Waals surface area contributed by atoms with Gasteiger partial charge in [-0.15, -0.1) is 0 Å². The van der Waals surface area contributed by atoms with Crippen molar-refractivity contribution in [3.8, 4) is 0 Å². The zero-order valence-electron chi connectivity index (χ0n) is 16.4. The van der Waals surface area contributed by atoms with Crippen molar-refractivity contribution in [1.82, 2.24) is 0 Å². The van der Waals surface area contributed by atoms with Gasteiger partial charge in [0, 0.05) is 23.3 Å². The minimum atomic E-state index is -0.817. The lowest BCUT2D eigenvalue weighted by Gasteiger charge is -2.18. The quantitative estimate of drug-likeness (QED) is 0.248. The molecule has 2 atom stereocenters. The van der Waals surface area contributed by atoms with Crippen molar-refractivity contribution in [2.24, 2.45) is 0 Å². The highest BCUT2D eigenvalue weighted by molar-refractivity contribution is 8.23. The van der Waals surface area contributed by atoms with E-state index in [0.717, 1.165) is 25.7 Å². The molecule has 6 nitrogen and oxygen atoms in total. The monoisotopic (exact) mass is 470 g/mol. The van der Waals surface area contributed by atoms with Gasteiger partial charge < -0.3 is 19.7 Å². The van der Waals surface area contributed by atoms with Crippen molar-refractivity contribution in [3.05, 3.63) is 0 Å². The predicted octanol–water partition coefficient (Wildman–Crippen LogP) is 5.12. The van der Waals surface area contributed by atoms with E-state index in [4.69, 9.17) is 44.1 Å². The smallest absolute Gasteiger partial charge is 0.303 e. The van der Waals surface area contributed by atoms with E-state index in [1.165, 1.54) is 23.5 Å². The summed E-state index contributed by atoms with van der Waals surface area (Å²) in [6, 6.07) is 0. The molecule has 162 valence electrons. The van der Waals surface area contributed by atoms with Crippen LogP contribution in [-0.2, 0) is 19.1 Å². The third kappa shape index (κ3) is 16.4. The van der Waals surface area contributed by atoms with E-state index in [1.807, 2.05) is 13.8 Å². The number of rotatable bonds is 15. The molecule has 0 radical (unpaired) electrons. The summed E-state index contributed by atoms with van der Waals surface area (Å²) in [6.45, 7) is 4.72. The molecule has 2 N–H and O–H groups in total. The highest BCUT2D eigenvalue weighted by atomic mass is 32.2. The van der Waals surface area contributed by atoms with Crippen molar-refractivity contribution >= 4 is 68.7 Å². The van der Waals surface area contributed by atoms with Gasteiger partial charge in [0.05, 0.1) is 13.2 Å². The van der Waals surface area contributed by atoms with E-state index >= 15 is 0 Å². The number of carboxylic acids is 2. The molecular weight excluding hydrogens is 440 g/mol. The molecule has 0 aliphatic carbocycles. The number of ether oxygens (including phenoxy) is 2. The van der Waals surface area contributed by atoms with Crippen molar-refractivity contribution in [2.45, 2.75) is 75.7 Å². The largest absolute Gasteiger partial charge is 0.481 e. The molecule has 0 spiro atoms. The van der Waals surface area contributed by atoms with Crippen molar-refractivity contribution in [3.63, 3.8) is 0 Å². The summed E-state index contributed by atoms with van der Waals surface area (Å²) >= 11 is 13.2. The molecule has 0 amide bonds. The number of thiocarbonyl (C=S) groups is 2. The van der Waals surface area contributed by atoms with Gasteiger partial charge in [0.1, 0.15) is 0 Å². The van der Waals surface area contributed by atoms with Crippen LogP contribution in [0.2, 0.25) is 0 Å². The van der Waals surface area contributed by atoms with Gasteiger partial charge >= 0.3 is 11.9 Å². The van der Waals surface area contributed by atoms with Crippen molar-refractivity contribution < 1.29 is 29.3 Å². The van der Waals surface area contributed by atoms with Gasteiger partial charge in [-0.3, -0.25) is 9.59 Å². The first-order valence-electron chi connectivity index (χ1n) is 9.38. The average Bonchev–Trinajstić information content (AvgIpc) is 2.60. The SMILES string of the molecule is CCOC(=S)SC(CCCCC(CCC(=O)O)SC(=S)OCC)CCC(=O)O. The summed E-state index contributed by atoms with van der Waals surface area (Å²) in [5.74, 6) is -1.63. The summed E-state index contributed by atoms with van der Waals surface area (Å²) < 4.78 is 11.5. The predicted molar refractivity (Wildman–Crippen MR) is 123 cm³/mol. The number of hydrogen-bond acceptors (Lipinski definition) is 8. The molecule has 28 heavy (non-hydrogen) atoms. The molecule has 0 heterocycles. The average molecular weight is 471 g/mol. The fraction of sp³-hybridized carbons (Fsp3) is 0.778. The Hall–Kier alpha value is -0.580. The molecule has 0 aromatic heterocycles. The third-order valence-electron chi connectivity index (χ3n) is 3.71. The Morgan fingerprint density at radius 2 is 1.14 bits per heavy atom. The Labute approximate surface area is 186 Å². The first-order chi connectivity index (χ1) is 13.3. The molecule has 0 aromatic carbocycles. The Morgan fingerprint density at radius 3 is 1.43 bits per heavy atom. The van der Waals surface area contributed by atoms with Crippen LogP contribution in [-0.4, -0.2) is 54.6 Å². The van der Waals surface area contributed by atoms with Gasteiger partial charge in [-0.2, -0.15) is 0 Å². The molecule has 0 aromatic rings.